The molecule has 0 bridgehead atoms. The third kappa shape index (κ3) is 5.34. The summed E-state index contributed by atoms with van der Waals surface area (Å²) >= 11 is 0. The molecular weight excluding hydrogens is 338 g/mol. The van der Waals surface area contributed by atoms with Crippen molar-refractivity contribution in [2.75, 3.05) is 0 Å². The van der Waals surface area contributed by atoms with Gasteiger partial charge in [0.15, 0.2) is 5.96 Å². The first-order valence-electron chi connectivity index (χ1n) is 8.41. The minimum Gasteiger partial charge on any atom is -0.489 e. The first-order valence-corrected chi connectivity index (χ1v) is 8.41. The van der Waals surface area contributed by atoms with Crippen molar-refractivity contribution in [2.45, 2.75) is 6.61 Å². The molecular formula is C21H21N5O. The number of aliphatic imine (C=N–C) groups is 2. The summed E-state index contributed by atoms with van der Waals surface area (Å²) in [6.45, 7) is 0.518. The molecule has 0 fully saturated rings. The Kier molecular flexibility index (Phi) is 5.69. The van der Waals surface area contributed by atoms with Gasteiger partial charge in [-0.3, -0.25) is 0 Å². The fraction of sp³-hybridized carbons (Fsp3) is 0.0476. The lowest BCUT2D eigenvalue weighted by atomic mass is 10.0. The molecule has 6 heteroatoms. The summed E-state index contributed by atoms with van der Waals surface area (Å²) in [6, 6.07) is 25.6. The number of ether oxygens (including phenoxy) is 1. The van der Waals surface area contributed by atoms with E-state index >= 15 is 0 Å². The van der Waals surface area contributed by atoms with Crippen LogP contribution < -0.4 is 21.9 Å². The van der Waals surface area contributed by atoms with Gasteiger partial charge in [0.2, 0.25) is 5.96 Å². The Hall–Kier alpha value is -3.80. The van der Waals surface area contributed by atoms with Crippen LogP contribution in [0.15, 0.2) is 88.8 Å². The Morgan fingerprint density at radius 2 is 1.48 bits per heavy atom. The maximum absolute atomic E-state index is 5.90. The molecule has 0 unspecified atom stereocenters. The van der Waals surface area contributed by atoms with Gasteiger partial charge in [-0.05, 0) is 41.0 Å². The van der Waals surface area contributed by atoms with Crippen molar-refractivity contribution in [1.29, 1.82) is 0 Å². The normalized spacial score (nSPS) is 11.0. The molecule has 6 nitrogen and oxygen atoms in total. The first kappa shape index (κ1) is 18.0. The van der Waals surface area contributed by atoms with Crippen LogP contribution in [0.1, 0.15) is 5.56 Å². The van der Waals surface area contributed by atoms with Gasteiger partial charge in [-0.15, -0.1) is 0 Å². The largest absolute Gasteiger partial charge is 0.489 e. The summed E-state index contributed by atoms with van der Waals surface area (Å²) in [4.78, 5) is 7.92. The summed E-state index contributed by atoms with van der Waals surface area (Å²) in [6.07, 6.45) is 0. The van der Waals surface area contributed by atoms with Crippen LogP contribution in [0.5, 0.6) is 5.75 Å². The second-order valence-corrected chi connectivity index (χ2v) is 5.86. The van der Waals surface area contributed by atoms with E-state index in [1.54, 1.807) is 0 Å². The number of benzene rings is 3. The van der Waals surface area contributed by atoms with Gasteiger partial charge < -0.3 is 21.9 Å². The number of guanidine groups is 2. The van der Waals surface area contributed by atoms with E-state index in [9.17, 15) is 0 Å². The second-order valence-electron chi connectivity index (χ2n) is 5.86. The molecule has 0 aliphatic heterocycles. The minimum absolute atomic E-state index is 0.00657. The Bertz CT molecular complexity index is 963. The van der Waals surface area contributed by atoms with E-state index in [2.05, 4.69) is 9.98 Å². The average Bonchev–Trinajstić information content (AvgIpc) is 2.67. The van der Waals surface area contributed by atoms with Crippen molar-refractivity contribution in [3.8, 4) is 16.9 Å². The molecule has 3 rings (SSSR count). The van der Waals surface area contributed by atoms with Crippen LogP contribution in [0.2, 0.25) is 0 Å². The SMILES string of the molecule is NC(N)=NC(N)=Nc1cccc(-c2cccc(OCc3ccccc3)c2)c1. The second kappa shape index (κ2) is 8.53. The smallest absolute Gasteiger partial charge is 0.223 e. The van der Waals surface area contributed by atoms with Gasteiger partial charge in [0.05, 0.1) is 5.69 Å². The molecule has 0 saturated carbocycles. The van der Waals surface area contributed by atoms with Gasteiger partial charge in [-0.1, -0.05) is 54.6 Å². The van der Waals surface area contributed by atoms with E-state index in [1.807, 2.05) is 78.9 Å². The average molecular weight is 359 g/mol. The molecule has 136 valence electrons. The molecule has 0 atom stereocenters. The zero-order chi connectivity index (χ0) is 19.1. The van der Waals surface area contributed by atoms with Gasteiger partial charge in [-0.25, -0.2) is 4.99 Å². The topological polar surface area (TPSA) is 112 Å². The predicted molar refractivity (Wildman–Crippen MR) is 110 cm³/mol. The molecule has 0 spiro atoms. The Labute approximate surface area is 158 Å². The van der Waals surface area contributed by atoms with Crippen molar-refractivity contribution in [1.82, 2.24) is 0 Å². The lowest BCUT2D eigenvalue weighted by Crippen LogP contribution is -2.26. The van der Waals surface area contributed by atoms with Gasteiger partial charge in [-0.2, -0.15) is 4.99 Å². The Morgan fingerprint density at radius 1 is 0.778 bits per heavy atom. The maximum atomic E-state index is 5.90. The van der Waals surface area contributed by atoms with E-state index in [-0.39, 0.29) is 11.9 Å². The zero-order valence-corrected chi connectivity index (χ0v) is 14.7. The molecule has 0 aromatic heterocycles. The fourth-order valence-electron chi connectivity index (χ4n) is 2.55. The van der Waals surface area contributed by atoms with Crippen LogP contribution in [0.3, 0.4) is 0 Å². The molecule has 6 N–H and O–H groups in total. The lowest BCUT2D eigenvalue weighted by Gasteiger charge is -2.09. The van der Waals surface area contributed by atoms with Gasteiger partial charge in [0.1, 0.15) is 12.4 Å². The van der Waals surface area contributed by atoms with Crippen LogP contribution in [0, 0.1) is 0 Å². The lowest BCUT2D eigenvalue weighted by molar-refractivity contribution is 0.306. The predicted octanol–water partition coefficient (Wildman–Crippen LogP) is 3.15. The van der Waals surface area contributed by atoms with Crippen LogP contribution in [0.4, 0.5) is 5.69 Å². The highest BCUT2D eigenvalue weighted by Gasteiger charge is 2.03. The van der Waals surface area contributed by atoms with Crippen molar-refractivity contribution in [3.63, 3.8) is 0 Å². The van der Waals surface area contributed by atoms with Crippen LogP contribution >= 0.6 is 0 Å². The van der Waals surface area contributed by atoms with Crippen LogP contribution in [-0.2, 0) is 6.61 Å². The van der Waals surface area contributed by atoms with Crippen molar-refractivity contribution in [2.24, 2.45) is 27.2 Å². The highest BCUT2D eigenvalue weighted by molar-refractivity contribution is 5.93. The molecule has 0 aliphatic rings. The number of rotatable bonds is 5. The van der Waals surface area contributed by atoms with Crippen LogP contribution in [0.25, 0.3) is 11.1 Å². The number of nitrogens with zero attached hydrogens (tertiary/aromatic N) is 2. The van der Waals surface area contributed by atoms with E-state index in [4.69, 9.17) is 21.9 Å². The summed E-state index contributed by atoms with van der Waals surface area (Å²) in [5.41, 5.74) is 20.1. The molecule has 0 radical (unpaired) electrons. The summed E-state index contributed by atoms with van der Waals surface area (Å²) in [5.74, 6) is 0.674. The molecule has 27 heavy (non-hydrogen) atoms. The van der Waals surface area contributed by atoms with Gasteiger partial charge >= 0.3 is 0 Å². The summed E-state index contributed by atoms with van der Waals surface area (Å²) in [5, 5.41) is 0. The maximum Gasteiger partial charge on any atom is 0.223 e. The minimum atomic E-state index is -0.129. The van der Waals surface area contributed by atoms with E-state index in [0.29, 0.717) is 12.3 Å². The third-order valence-electron chi connectivity index (χ3n) is 3.75. The molecule has 3 aromatic carbocycles. The van der Waals surface area contributed by atoms with Gasteiger partial charge in [0, 0.05) is 0 Å². The quantitative estimate of drug-likeness (QED) is 0.480. The first-order chi connectivity index (χ1) is 13.1. The third-order valence-corrected chi connectivity index (χ3v) is 3.75. The molecule has 0 amide bonds. The number of hydrogen-bond acceptors (Lipinski definition) is 2. The monoisotopic (exact) mass is 359 g/mol. The van der Waals surface area contributed by atoms with Crippen molar-refractivity contribution in [3.05, 3.63) is 84.4 Å². The highest BCUT2D eigenvalue weighted by Crippen LogP contribution is 2.27. The fourth-order valence-corrected chi connectivity index (χ4v) is 2.55. The Morgan fingerprint density at radius 3 is 2.22 bits per heavy atom. The standard InChI is InChI=1S/C21H21N5O/c22-20(23)26-21(24)25-18-10-4-8-16(12-18)17-9-5-11-19(13-17)27-14-15-6-2-1-3-7-15/h1-13H,14H2,(H6,22,23,24,25,26). The van der Waals surface area contributed by atoms with Crippen LogP contribution in [-0.4, -0.2) is 11.9 Å². The highest BCUT2D eigenvalue weighted by atomic mass is 16.5. The molecule has 0 heterocycles. The summed E-state index contributed by atoms with van der Waals surface area (Å²) in [7, 11) is 0. The van der Waals surface area contributed by atoms with Gasteiger partial charge in [0.25, 0.3) is 0 Å². The molecule has 3 aromatic rings. The Balaban J connectivity index is 1.78. The zero-order valence-electron chi connectivity index (χ0n) is 14.7. The van der Waals surface area contributed by atoms with Crippen molar-refractivity contribution < 1.29 is 4.74 Å². The van der Waals surface area contributed by atoms with E-state index in [1.165, 1.54) is 0 Å². The number of nitrogens with two attached hydrogens (primary N) is 3. The number of hydrogen-bond donors (Lipinski definition) is 3. The summed E-state index contributed by atoms with van der Waals surface area (Å²) < 4.78 is 5.90. The molecule has 0 aliphatic carbocycles. The van der Waals surface area contributed by atoms with E-state index in [0.717, 1.165) is 22.4 Å². The van der Waals surface area contributed by atoms with Crippen molar-refractivity contribution >= 4 is 17.6 Å². The van der Waals surface area contributed by atoms with E-state index < -0.39 is 0 Å². The molecule has 0 saturated heterocycles.